The molecule has 3 aromatic rings. The van der Waals surface area contributed by atoms with Gasteiger partial charge in [0.15, 0.2) is 6.61 Å². The number of amides is 1. The number of aryl methyl sites for hydroxylation is 1. The van der Waals surface area contributed by atoms with Crippen LogP contribution in [0.5, 0.6) is 5.75 Å². The maximum absolute atomic E-state index is 11.8. The number of thiazole rings is 1. The molecule has 1 aromatic heterocycles. The Morgan fingerprint density at radius 3 is 2.76 bits per heavy atom. The van der Waals surface area contributed by atoms with Gasteiger partial charge < -0.3 is 10.1 Å². The van der Waals surface area contributed by atoms with E-state index in [2.05, 4.69) is 41.9 Å². The fourth-order valence-corrected chi connectivity index (χ4v) is 5.18. The van der Waals surface area contributed by atoms with Crippen molar-refractivity contribution >= 4 is 29.1 Å². The number of ether oxygens (including phenoxy) is 1. The summed E-state index contributed by atoms with van der Waals surface area (Å²) in [6, 6.07) is 14.7. The number of benzene rings is 2. The summed E-state index contributed by atoms with van der Waals surface area (Å²) in [5, 5.41) is 9.84. The first-order valence-electron chi connectivity index (χ1n) is 11.6. The lowest BCUT2D eigenvalue weighted by molar-refractivity contribution is -0.118. The molecule has 0 unspecified atom stereocenters. The molecule has 1 saturated carbocycles. The summed E-state index contributed by atoms with van der Waals surface area (Å²) in [4.78, 5) is 17.8. The number of carbonyl (C=O) groups excluding carboxylic acids is 1. The van der Waals surface area contributed by atoms with E-state index >= 15 is 0 Å². The molecule has 7 heteroatoms. The normalized spacial score (nSPS) is 17.1. The number of carbonyl (C=O) groups is 1. The van der Waals surface area contributed by atoms with E-state index in [1.54, 1.807) is 11.3 Å². The van der Waals surface area contributed by atoms with Gasteiger partial charge >= 0.3 is 0 Å². The van der Waals surface area contributed by atoms with Gasteiger partial charge in [-0.05, 0) is 48.6 Å². The van der Waals surface area contributed by atoms with Crippen LogP contribution in [0.25, 0.3) is 11.3 Å². The number of rotatable bonds is 5. The number of aromatic nitrogens is 1. The number of hydrogen-bond donors (Lipinski definition) is 1. The van der Waals surface area contributed by atoms with Crippen LogP contribution < -0.4 is 14.9 Å². The van der Waals surface area contributed by atoms with Crippen molar-refractivity contribution in [2.24, 2.45) is 10.1 Å². The molecule has 0 atom stereocenters. The third-order valence-electron chi connectivity index (χ3n) is 6.17. The zero-order chi connectivity index (χ0) is 22.6. The van der Waals surface area contributed by atoms with Crippen molar-refractivity contribution in [2.75, 3.05) is 11.9 Å². The van der Waals surface area contributed by atoms with Gasteiger partial charge in [0.05, 0.1) is 23.6 Å². The molecule has 1 amide bonds. The predicted molar refractivity (Wildman–Crippen MR) is 133 cm³/mol. The highest BCUT2D eigenvalue weighted by Gasteiger charge is 2.18. The second kappa shape index (κ2) is 9.75. The molecule has 0 saturated heterocycles. The van der Waals surface area contributed by atoms with Gasteiger partial charge in [0.2, 0.25) is 4.80 Å². The summed E-state index contributed by atoms with van der Waals surface area (Å²) >= 11 is 1.61. The van der Waals surface area contributed by atoms with E-state index in [1.165, 1.54) is 24.8 Å². The molecule has 1 N–H and O–H groups in total. The number of nitrogens with zero attached hydrogens (tertiary/aromatic N) is 3. The van der Waals surface area contributed by atoms with Crippen molar-refractivity contribution in [1.82, 2.24) is 4.68 Å². The molecule has 2 aliphatic rings. The first kappa shape index (κ1) is 21.6. The Balaban J connectivity index is 1.54. The minimum atomic E-state index is -0.139. The van der Waals surface area contributed by atoms with E-state index in [0.29, 0.717) is 17.5 Å². The van der Waals surface area contributed by atoms with E-state index in [-0.39, 0.29) is 12.5 Å². The molecule has 0 bridgehead atoms. The Kier molecular flexibility index (Phi) is 6.39. The van der Waals surface area contributed by atoms with Crippen LogP contribution in [-0.2, 0) is 11.2 Å². The zero-order valence-electron chi connectivity index (χ0n) is 18.8. The Morgan fingerprint density at radius 1 is 1.15 bits per heavy atom. The maximum Gasteiger partial charge on any atom is 0.262 e. The van der Waals surface area contributed by atoms with Crippen molar-refractivity contribution < 1.29 is 9.53 Å². The van der Waals surface area contributed by atoms with Crippen LogP contribution in [0.1, 0.15) is 50.2 Å². The van der Waals surface area contributed by atoms with Crippen LogP contribution >= 0.6 is 11.3 Å². The zero-order valence-corrected chi connectivity index (χ0v) is 19.6. The van der Waals surface area contributed by atoms with Crippen LogP contribution in [-0.4, -0.2) is 29.4 Å². The maximum atomic E-state index is 11.8. The fraction of sp³-hybridized carbons (Fsp3) is 0.346. The number of fused-ring (bicyclic) bond motifs is 1. The summed E-state index contributed by atoms with van der Waals surface area (Å²) < 4.78 is 7.45. The highest BCUT2D eigenvalue weighted by Crippen LogP contribution is 2.33. The van der Waals surface area contributed by atoms with E-state index in [4.69, 9.17) is 14.8 Å². The molecule has 1 fully saturated rings. The van der Waals surface area contributed by atoms with Crippen LogP contribution in [0.15, 0.2) is 57.9 Å². The molecule has 170 valence electrons. The average molecular weight is 461 g/mol. The summed E-state index contributed by atoms with van der Waals surface area (Å²) in [6.07, 6.45) is 8.96. The van der Waals surface area contributed by atoms with Crippen molar-refractivity contribution in [3.8, 4) is 17.0 Å². The molecule has 0 spiro atoms. The molecule has 5 rings (SSSR count). The smallest absolute Gasteiger partial charge is 0.262 e. The van der Waals surface area contributed by atoms with Gasteiger partial charge in [-0.15, -0.1) is 11.3 Å². The highest BCUT2D eigenvalue weighted by molar-refractivity contribution is 7.07. The topological polar surface area (TPSA) is 68.0 Å². The first-order valence-corrected chi connectivity index (χ1v) is 12.5. The molecule has 1 aliphatic carbocycles. The molecular formula is C26H28N4O2S. The van der Waals surface area contributed by atoms with Crippen molar-refractivity contribution in [3.05, 3.63) is 63.8 Å². The summed E-state index contributed by atoms with van der Waals surface area (Å²) in [5.41, 5.74) is 4.94. The summed E-state index contributed by atoms with van der Waals surface area (Å²) in [6.45, 7) is 2.21. The van der Waals surface area contributed by atoms with Crippen molar-refractivity contribution in [2.45, 2.75) is 51.5 Å². The van der Waals surface area contributed by atoms with E-state index < -0.39 is 0 Å². The summed E-state index contributed by atoms with van der Waals surface area (Å²) in [5.74, 6) is 0.547. The van der Waals surface area contributed by atoms with Gasteiger partial charge in [0.1, 0.15) is 5.75 Å². The molecule has 1 aliphatic heterocycles. The van der Waals surface area contributed by atoms with Gasteiger partial charge in [-0.2, -0.15) is 5.10 Å². The Hall–Kier alpha value is -3.19. The highest BCUT2D eigenvalue weighted by atomic mass is 32.1. The minimum absolute atomic E-state index is 0.0519. The lowest BCUT2D eigenvalue weighted by Gasteiger charge is -2.18. The van der Waals surface area contributed by atoms with Gasteiger partial charge in [-0.1, -0.05) is 50.5 Å². The van der Waals surface area contributed by atoms with Crippen LogP contribution in [0.3, 0.4) is 0 Å². The lowest BCUT2D eigenvalue weighted by Crippen LogP contribution is -2.25. The van der Waals surface area contributed by atoms with Crippen LogP contribution in [0.2, 0.25) is 0 Å². The third kappa shape index (κ3) is 4.93. The van der Waals surface area contributed by atoms with Gasteiger partial charge in [-0.3, -0.25) is 9.79 Å². The van der Waals surface area contributed by atoms with E-state index in [0.717, 1.165) is 40.9 Å². The SMILES string of the molecule is CCc1ccc(C=Nn2c(-c3ccc4c(c3)NC(=O)CO4)csc2=NC2CCCCC2)cc1. The Morgan fingerprint density at radius 2 is 1.97 bits per heavy atom. The number of hydrogen-bond acceptors (Lipinski definition) is 5. The van der Waals surface area contributed by atoms with Crippen molar-refractivity contribution in [3.63, 3.8) is 0 Å². The largest absolute Gasteiger partial charge is 0.482 e. The van der Waals surface area contributed by atoms with Crippen molar-refractivity contribution in [1.29, 1.82) is 0 Å². The summed E-state index contributed by atoms with van der Waals surface area (Å²) in [7, 11) is 0. The predicted octanol–water partition coefficient (Wildman–Crippen LogP) is 5.23. The second-order valence-electron chi connectivity index (χ2n) is 8.52. The monoisotopic (exact) mass is 460 g/mol. The Bertz CT molecular complexity index is 1230. The third-order valence-corrected chi connectivity index (χ3v) is 7.00. The minimum Gasteiger partial charge on any atom is -0.482 e. The van der Waals surface area contributed by atoms with E-state index in [9.17, 15) is 4.79 Å². The molecule has 6 nitrogen and oxygen atoms in total. The van der Waals surface area contributed by atoms with Crippen LogP contribution in [0.4, 0.5) is 5.69 Å². The van der Waals surface area contributed by atoms with Gasteiger partial charge in [0.25, 0.3) is 5.91 Å². The molecule has 2 aromatic carbocycles. The molecule has 0 radical (unpaired) electrons. The molecule has 2 heterocycles. The molecular weight excluding hydrogens is 432 g/mol. The van der Waals surface area contributed by atoms with Gasteiger partial charge in [-0.25, -0.2) is 4.68 Å². The quantitative estimate of drug-likeness (QED) is 0.530. The number of anilines is 1. The fourth-order valence-electron chi connectivity index (χ4n) is 4.27. The number of nitrogens with one attached hydrogen (secondary N) is 1. The van der Waals surface area contributed by atoms with Gasteiger partial charge in [0, 0.05) is 10.9 Å². The Labute approximate surface area is 197 Å². The lowest BCUT2D eigenvalue weighted by atomic mass is 9.96. The second-order valence-corrected chi connectivity index (χ2v) is 9.36. The average Bonchev–Trinajstić information content (AvgIpc) is 3.25. The first-order chi connectivity index (χ1) is 16.2. The molecule has 33 heavy (non-hydrogen) atoms. The van der Waals surface area contributed by atoms with Crippen LogP contribution in [0, 0.1) is 0 Å². The van der Waals surface area contributed by atoms with E-state index in [1.807, 2.05) is 29.1 Å². The standard InChI is InChI=1S/C26H28N4O2S/c1-2-18-8-10-19(11-9-18)15-27-30-23(17-33-26(30)28-21-6-4-3-5-7-21)20-12-13-24-22(14-20)29-25(31)16-32-24/h8-15,17,21H,2-7,16H2,1H3,(H,29,31).